The number of nitro groups is 1. The molecule has 116 valence electrons. The Hall–Kier alpha value is -2.13. The van der Waals surface area contributed by atoms with E-state index in [-0.39, 0.29) is 40.2 Å². The van der Waals surface area contributed by atoms with Gasteiger partial charge in [0.25, 0.3) is 11.6 Å². The fourth-order valence-corrected chi connectivity index (χ4v) is 2.95. The van der Waals surface area contributed by atoms with E-state index >= 15 is 0 Å². The first-order valence-electron chi connectivity index (χ1n) is 6.21. The molecule has 0 unspecified atom stereocenters. The lowest BCUT2D eigenvalue weighted by Gasteiger charge is -2.08. The largest absolute Gasteiger partial charge is 0.504 e. The second kappa shape index (κ2) is 6.32. The smallest absolute Gasteiger partial charge is 0.274 e. The molecule has 0 saturated carbocycles. The molecule has 1 saturated heterocycles. The number of phenolic OH excluding ortho intramolecular Hbond substituents is 1. The number of aromatic hydroxyl groups is 1. The molecular formula is C13H12N2O5S2. The van der Waals surface area contributed by atoms with Gasteiger partial charge in [0.2, 0.25) is 0 Å². The summed E-state index contributed by atoms with van der Waals surface area (Å²) in [6.07, 6.45) is 1.37. The van der Waals surface area contributed by atoms with Crippen LogP contribution in [0.5, 0.6) is 11.5 Å². The molecule has 0 atom stereocenters. The summed E-state index contributed by atoms with van der Waals surface area (Å²) >= 11 is 6.08. The minimum atomic E-state index is -0.593. The maximum Gasteiger partial charge on any atom is 0.274 e. The second-order valence-corrected chi connectivity index (χ2v) is 5.99. The Morgan fingerprint density at radius 3 is 2.73 bits per heavy atom. The number of nitro benzene ring substituents is 1. The predicted octanol–water partition coefficient (Wildman–Crippen LogP) is 2.53. The van der Waals surface area contributed by atoms with Crippen molar-refractivity contribution in [2.24, 2.45) is 0 Å². The van der Waals surface area contributed by atoms with Crippen LogP contribution in [0.3, 0.4) is 0 Å². The van der Waals surface area contributed by atoms with Crippen molar-refractivity contribution in [3.05, 3.63) is 32.7 Å². The van der Waals surface area contributed by atoms with Crippen LogP contribution in [-0.2, 0) is 4.79 Å². The van der Waals surface area contributed by atoms with Crippen LogP contribution < -0.4 is 4.74 Å². The molecule has 1 aliphatic rings. The third-order valence-electron chi connectivity index (χ3n) is 2.87. The molecule has 1 heterocycles. The van der Waals surface area contributed by atoms with Gasteiger partial charge in [-0.3, -0.25) is 19.8 Å². The Labute approximate surface area is 135 Å². The molecule has 1 fully saturated rings. The van der Waals surface area contributed by atoms with Gasteiger partial charge in [0.1, 0.15) is 4.32 Å². The monoisotopic (exact) mass is 340 g/mol. The van der Waals surface area contributed by atoms with Gasteiger partial charge in [-0.15, -0.1) is 0 Å². The second-order valence-electron chi connectivity index (χ2n) is 4.31. The van der Waals surface area contributed by atoms with Crippen molar-refractivity contribution in [2.75, 3.05) is 13.7 Å². The molecule has 0 aliphatic carbocycles. The van der Waals surface area contributed by atoms with Gasteiger partial charge < -0.3 is 9.84 Å². The number of likely N-dealkylation sites (N-methyl/N-ethyl adjacent to an activating group) is 1. The van der Waals surface area contributed by atoms with E-state index in [1.165, 1.54) is 24.1 Å². The summed E-state index contributed by atoms with van der Waals surface area (Å²) in [4.78, 5) is 23.9. The van der Waals surface area contributed by atoms with Crippen LogP contribution >= 0.6 is 24.0 Å². The van der Waals surface area contributed by atoms with Gasteiger partial charge in [-0.05, 0) is 13.0 Å². The number of thiocarbonyl (C=S) groups is 1. The lowest BCUT2D eigenvalue weighted by atomic mass is 10.1. The van der Waals surface area contributed by atoms with Crippen molar-refractivity contribution in [1.29, 1.82) is 0 Å². The minimum Gasteiger partial charge on any atom is -0.504 e. The Kier molecular flexibility index (Phi) is 4.67. The van der Waals surface area contributed by atoms with Gasteiger partial charge in [0, 0.05) is 18.7 Å². The van der Waals surface area contributed by atoms with Crippen molar-refractivity contribution in [1.82, 2.24) is 4.90 Å². The van der Waals surface area contributed by atoms with Gasteiger partial charge in [-0.25, -0.2) is 0 Å². The molecule has 1 N–H and O–H groups in total. The van der Waals surface area contributed by atoms with Crippen LogP contribution in [0.4, 0.5) is 5.69 Å². The number of amides is 1. The highest BCUT2D eigenvalue weighted by Crippen LogP contribution is 2.39. The van der Waals surface area contributed by atoms with Gasteiger partial charge in [0.15, 0.2) is 11.5 Å². The first kappa shape index (κ1) is 16.2. The number of hydrogen-bond acceptors (Lipinski definition) is 7. The molecule has 9 heteroatoms. The normalized spacial score (nSPS) is 16.5. The number of nitrogens with zero attached hydrogens (tertiary/aromatic N) is 2. The summed E-state index contributed by atoms with van der Waals surface area (Å²) < 4.78 is 5.57. The summed E-state index contributed by atoms with van der Waals surface area (Å²) in [5.41, 5.74) is -0.105. The third-order valence-corrected chi connectivity index (χ3v) is 4.36. The van der Waals surface area contributed by atoms with Crippen molar-refractivity contribution < 1.29 is 19.6 Å². The van der Waals surface area contributed by atoms with Crippen LogP contribution in [0.1, 0.15) is 12.5 Å². The fourth-order valence-electron chi connectivity index (χ4n) is 1.78. The Morgan fingerprint density at radius 2 is 2.23 bits per heavy atom. The van der Waals surface area contributed by atoms with Crippen molar-refractivity contribution in [2.45, 2.75) is 6.92 Å². The average molecular weight is 340 g/mol. The standard InChI is InChI=1S/C13H12N2O5S2/c1-3-20-9-6-8(15(18)19)4-7(11(9)16)5-10-12(17)14(2)13(21)22-10/h4-6,16H,3H2,1-2H3/b10-5-. The zero-order valence-corrected chi connectivity index (χ0v) is 13.4. The molecule has 0 aromatic heterocycles. The highest BCUT2D eigenvalue weighted by atomic mass is 32.2. The quantitative estimate of drug-likeness (QED) is 0.389. The van der Waals surface area contributed by atoms with E-state index in [1.54, 1.807) is 6.92 Å². The van der Waals surface area contributed by atoms with Crippen LogP contribution in [0.2, 0.25) is 0 Å². The van der Waals surface area contributed by atoms with E-state index in [0.717, 1.165) is 17.8 Å². The van der Waals surface area contributed by atoms with E-state index < -0.39 is 4.92 Å². The molecule has 0 spiro atoms. The van der Waals surface area contributed by atoms with Gasteiger partial charge >= 0.3 is 0 Å². The molecule has 2 rings (SSSR count). The Morgan fingerprint density at radius 1 is 1.55 bits per heavy atom. The van der Waals surface area contributed by atoms with E-state index in [0.29, 0.717) is 4.32 Å². The van der Waals surface area contributed by atoms with E-state index in [1.807, 2.05) is 0 Å². The average Bonchev–Trinajstić information content (AvgIpc) is 2.70. The number of rotatable bonds is 4. The number of non-ortho nitro benzene ring substituents is 1. The lowest BCUT2D eigenvalue weighted by molar-refractivity contribution is -0.385. The van der Waals surface area contributed by atoms with Gasteiger partial charge in [-0.2, -0.15) is 0 Å². The van der Waals surface area contributed by atoms with Crippen molar-refractivity contribution in [3.8, 4) is 11.5 Å². The molecule has 1 aromatic carbocycles. The molecular weight excluding hydrogens is 328 g/mol. The number of benzene rings is 1. The summed E-state index contributed by atoms with van der Waals surface area (Å²) in [5, 5.41) is 21.1. The van der Waals surface area contributed by atoms with E-state index in [2.05, 4.69) is 0 Å². The first-order chi connectivity index (χ1) is 10.3. The molecule has 22 heavy (non-hydrogen) atoms. The maximum absolute atomic E-state index is 12.0. The third kappa shape index (κ3) is 3.04. The number of hydrogen-bond donors (Lipinski definition) is 1. The zero-order chi connectivity index (χ0) is 16.4. The minimum absolute atomic E-state index is 0.00470. The topological polar surface area (TPSA) is 92.9 Å². The van der Waals surface area contributed by atoms with E-state index in [4.69, 9.17) is 17.0 Å². The number of thioether (sulfide) groups is 1. The van der Waals surface area contributed by atoms with E-state index in [9.17, 15) is 20.0 Å². The van der Waals surface area contributed by atoms with Crippen LogP contribution in [-0.4, -0.2) is 38.8 Å². The first-order valence-corrected chi connectivity index (χ1v) is 7.43. The Bertz CT molecular complexity index is 702. The van der Waals surface area contributed by atoms with Gasteiger partial charge in [0.05, 0.1) is 22.5 Å². The van der Waals surface area contributed by atoms with Crippen molar-refractivity contribution >= 4 is 46.0 Å². The lowest BCUT2D eigenvalue weighted by Crippen LogP contribution is -2.22. The van der Waals surface area contributed by atoms with Crippen molar-refractivity contribution in [3.63, 3.8) is 0 Å². The number of carbonyl (C=O) groups excluding carboxylic acids is 1. The maximum atomic E-state index is 12.0. The summed E-state index contributed by atoms with van der Waals surface area (Å²) in [6, 6.07) is 2.32. The summed E-state index contributed by atoms with van der Waals surface area (Å²) in [7, 11) is 1.54. The molecule has 0 radical (unpaired) electrons. The zero-order valence-electron chi connectivity index (χ0n) is 11.7. The molecule has 7 nitrogen and oxygen atoms in total. The van der Waals surface area contributed by atoms with Crippen LogP contribution in [0.25, 0.3) is 6.08 Å². The van der Waals surface area contributed by atoms with Crippen LogP contribution in [0, 0.1) is 10.1 Å². The highest BCUT2D eigenvalue weighted by Gasteiger charge is 2.29. The number of phenols is 1. The van der Waals surface area contributed by atoms with Gasteiger partial charge in [-0.1, -0.05) is 24.0 Å². The molecule has 1 aliphatic heterocycles. The molecule has 1 aromatic rings. The number of carbonyl (C=O) groups is 1. The van der Waals surface area contributed by atoms with Crippen LogP contribution in [0.15, 0.2) is 17.0 Å². The summed E-state index contributed by atoms with van der Waals surface area (Å²) in [5.74, 6) is -0.581. The predicted molar refractivity (Wildman–Crippen MR) is 86.9 cm³/mol. The number of ether oxygens (including phenoxy) is 1. The summed E-state index contributed by atoms with van der Waals surface area (Å²) in [6.45, 7) is 1.94. The molecule has 1 amide bonds. The highest BCUT2D eigenvalue weighted by molar-refractivity contribution is 8.26. The Balaban J connectivity index is 2.53. The fraction of sp³-hybridized carbons (Fsp3) is 0.231. The molecule has 0 bridgehead atoms. The SMILES string of the molecule is CCOc1cc([N+](=O)[O-])cc(/C=C2\SC(=S)N(C)C2=O)c1O.